The summed E-state index contributed by atoms with van der Waals surface area (Å²) in [6.45, 7) is 1.88. The fourth-order valence-electron chi connectivity index (χ4n) is 2.31. The molecule has 0 saturated heterocycles. The van der Waals surface area contributed by atoms with Gasteiger partial charge in [0.05, 0.1) is 5.33 Å². The van der Waals surface area contributed by atoms with Crippen LogP contribution in [-0.4, -0.2) is 42.3 Å². The van der Waals surface area contributed by atoms with Gasteiger partial charge in [-0.2, -0.15) is 0 Å². The third-order valence-electron chi connectivity index (χ3n) is 3.33. The maximum Gasteiger partial charge on any atom is 0.230 e. The van der Waals surface area contributed by atoms with Crippen LogP contribution in [0.5, 0.6) is 0 Å². The minimum absolute atomic E-state index is 0.0836. The summed E-state index contributed by atoms with van der Waals surface area (Å²) in [5.74, 6) is 0.0836. The van der Waals surface area contributed by atoms with Crippen molar-refractivity contribution in [3.63, 3.8) is 0 Å². The van der Waals surface area contributed by atoms with Gasteiger partial charge in [0.25, 0.3) is 0 Å². The Balaban J connectivity index is 2.05. The third-order valence-corrected chi connectivity index (χ3v) is 3.84. The van der Waals surface area contributed by atoms with Crippen LogP contribution in [0.25, 0.3) is 0 Å². The van der Waals surface area contributed by atoms with Crippen LogP contribution < -0.4 is 5.32 Å². The standard InChI is InChI=1S/C12H23BrN2O/c1-15(11-6-3-2-4-7-11)9-5-8-14-12(16)10-13/h11H,2-10H2,1H3,(H,14,16). The van der Waals surface area contributed by atoms with Gasteiger partial charge in [-0.05, 0) is 32.9 Å². The van der Waals surface area contributed by atoms with Gasteiger partial charge >= 0.3 is 0 Å². The summed E-state index contributed by atoms with van der Waals surface area (Å²) in [5, 5.41) is 3.29. The summed E-state index contributed by atoms with van der Waals surface area (Å²) in [6, 6.07) is 0.778. The average molecular weight is 291 g/mol. The number of carbonyl (C=O) groups excluding carboxylic acids is 1. The molecule has 1 rings (SSSR count). The number of carbonyl (C=O) groups is 1. The van der Waals surface area contributed by atoms with Crippen LogP contribution in [0.15, 0.2) is 0 Å². The van der Waals surface area contributed by atoms with E-state index in [-0.39, 0.29) is 5.91 Å². The van der Waals surface area contributed by atoms with E-state index in [9.17, 15) is 4.79 Å². The van der Waals surface area contributed by atoms with E-state index in [1.165, 1.54) is 32.1 Å². The van der Waals surface area contributed by atoms with Crippen molar-refractivity contribution >= 4 is 21.8 Å². The van der Waals surface area contributed by atoms with E-state index in [4.69, 9.17) is 0 Å². The van der Waals surface area contributed by atoms with Crippen LogP contribution in [0, 0.1) is 0 Å². The second kappa shape index (κ2) is 8.07. The topological polar surface area (TPSA) is 32.3 Å². The molecular formula is C12H23BrN2O. The van der Waals surface area contributed by atoms with Gasteiger partial charge in [-0.15, -0.1) is 0 Å². The molecule has 0 aromatic heterocycles. The Hall–Kier alpha value is -0.0900. The first kappa shape index (κ1) is 14.0. The molecule has 0 atom stereocenters. The van der Waals surface area contributed by atoms with Crippen LogP contribution in [0.1, 0.15) is 38.5 Å². The molecule has 94 valence electrons. The summed E-state index contributed by atoms with van der Waals surface area (Å²) in [4.78, 5) is 13.4. The third kappa shape index (κ3) is 5.30. The Bertz CT molecular complexity index is 205. The Morgan fingerprint density at radius 1 is 1.38 bits per heavy atom. The van der Waals surface area contributed by atoms with E-state index in [0.717, 1.165) is 25.6 Å². The zero-order valence-electron chi connectivity index (χ0n) is 10.2. The number of hydrogen-bond acceptors (Lipinski definition) is 2. The summed E-state index contributed by atoms with van der Waals surface area (Å²) in [7, 11) is 2.21. The smallest absolute Gasteiger partial charge is 0.230 e. The summed E-state index contributed by atoms with van der Waals surface area (Å²) >= 11 is 3.14. The molecule has 0 unspecified atom stereocenters. The van der Waals surface area contributed by atoms with Gasteiger partial charge in [0.2, 0.25) is 5.91 Å². The summed E-state index contributed by atoms with van der Waals surface area (Å²) in [5.41, 5.74) is 0. The number of halogens is 1. The zero-order chi connectivity index (χ0) is 11.8. The van der Waals surface area contributed by atoms with Crippen molar-refractivity contribution in [1.29, 1.82) is 0 Å². The second-order valence-electron chi connectivity index (χ2n) is 4.61. The fraction of sp³-hybridized carbons (Fsp3) is 0.917. The van der Waals surface area contributed by atoms with Crippen LogP contribution in [0.4, 0.5) is 0 Å². The molecule has 3 nitrogen and oxygen atoms in total. The van der Waals surface area contributed by atoms with Crippen LogP contribution in [-0.2, 0) is 4.79 Å². The predicted molar refractivity (Wildman–Crippen MR) is 70.9 cm³/mol. The Labute approximate surface area is 107 Å². The molecule has 16 heavy (non-hydrogen) atoms. The van der Waals surface area contributed by atoms with Crippen molar-refractivity contribution in [2.45, 2.75) is 44.6 Å². The van der Waals surface area contributed by atoms with Gasteiger partial charge in [-0.3, -0.25) is 4.79 Å². The number of amides is 1. The number of hydrogen-bond donors (Lipinski definition) is 1. The highest BCUT2D eigenvalue weighted by Gasteiger charge is 2.17. The molecule has 0 aliphatic heterocycles. The molecule has 4 heteroatoms. The molecule has 0 aromatic carbocycles. The van der Waals surface area contributed by atoms with Gasteiger partial charge in [0.15, 0.2) is 0 Å². The van der Waals surface area contributed by atoms with Gasteiger partial charge in [0, 0.05) is 12.6 Å². The Morgan fingerprint density at radius 2 is 2.06 bits per heavy atom. The zero-order valence-corrected chi connectivity index (χ0v) is 11.8. The van der Waals surface area contributed by atoms with Crippen molar-refractivity contribution in [3.05, 3.63) is 0 Å². The largest absolute Gasteiger partial charge is 0.355 e. The Morgan fingerprint density at radius 3 is 2.69 bits per heavy atom. The second-order valence-corrected chi connectivity index (χ2v) is 5.17. The molecule has 1 aliphatic rings. The minimum atomic E-state index is 0.0836. The highest BCUT2D eigenvalue weighted by atomic mass is 79.9. The maximum absolute atomic E-state index is 11.0. The fourth-order valence-corrected chi connectivity index (χ4v) is 2.51. The molecule has 0 heterocycles. The quantitative estimate of drug-likeness (QED) is 0.601. The minimum Gasteiger partial charge on any atom is -0.355 e. The lowest BCUT2D eigenvalue weighted by atomic mass is 9.94. The number of alkyl halides is 1. The number of nitrogens with zero attached hydrogens (tertiary/aromatic N) is 1. The van der Waals surface area contributed by atoms with Gasteiger partial charge in [-0.25, -0.2) is 0 Å². The van der Waals surface area contributed by atoms with Crippen molar-refractivity contribution in [3.8, 4) is 0 Å². The predicted octanol–water partition coefficient (Wildman–Crippen LogP) is 2.15. The highest BCUT2D eigenvalue weighted by Crippen LogP contribution is 2.21. The molecule has 1 N–H and O–H groups in total. The van der Waals surface area contributed by atoms with Crippen LogP contribution in [0.3, 0.4) is 0 Å². The van der Waals surface area contributed by atoms with E-state index in [2.05, 4.69) is 33.2 Å². The normalized spacial score (nSPS) is 17.7. The lowest BCUT2D eigenvalue weighted by Crippen LogP contribution is -2.36. The van der Waals surface area contributed by atoms with Gasteiger partial charge in [0.1, 0.15) is 0 Å². The molecule has 0 spiro atoms. The molecule has 1 amide bonds. The molecule has 1 aliphatic carbocycles. The first-order valence-electron chi connectivity index (χ1n) is 6.27. The van der Waals surface area contributed by atoms with E-state index in [0.29, 0.717) is 5.33 Å². The SMILES string of the molecule is CN(CCCNC(=O)CBr)C1CCCCC1. The van der Waals surface area contributed by atoms with E-state index >= 15 is 0 Å². The molecule has 0 aromatic rings. The summed E-state index contributed by atoms with van der Waals surface area (Å²) < 4.78 is 0. The van der Waals surface area contributed by atoms with E-state index in [1.54, 1.807) is 0 Å². The molecule has 0 radical (unpaired) electrons. The molecule has 1 saturated carbocycles. The van der Waals surface area contributed by atoms with Crippen molar-refractivity contribution < 1.29 is 4.79 Å². The van der Waals surface area contributed by atoms with Crippen molar-refractivity contribution in [2.24, 2.45) is 0 Å². The molecular weight excluding hydrogens is 268 g/mol. The van der Waals surface area contributed by atoms with Gasteiger partial charge < -0.3 is 10.2 Å². The lowest BCUT2D eigenvalue weighted by molar-refractivity contribution is -0.118. The van der Waals surface area contributed by atoms with Gasteiger partial charge in [-0.1, -0.05) is 35.2 Å². The van der Waals surface area contributed by atoms with E-state index in [1.807, 2.05) is 0 Å². The first-order chi connectivity index (χ1) is 7.74. The average Bonchev–Trinajstić information content (AvgIpc) is 2.35. The Kier molecular flexibility index (Phi) is 7.05. The lowest BCUT2D eigenvalue weighted by Gasteiger charge is -2.31. The monoisotopic (exact) mass is 290 g/mol. The maximum atomic E-state index is 11.0. The highest BCUT2D eigenvalue weighted by molar-refractivity contribution is 9.09. The number of nitrogens with one attached hydrogen (secondary N) is 1. The first-order valence-corrected chi connectivity index (χ1v) is 7.39. The van der Waals surface area contributed by atoms with Crippen LogP contribution >= 0.6 is 15.9 Å². The summed E-state index contributed by atoms with van der Waals surface area (Å²) in [6.07, 6.45) is 7.93. The van der Waals surface area contributed by atoms with E-state index < -0.39 is 0 Å². The van der Waals surface area contributed by atoms with Crippen molar-refractivity contribution in [1.82, 2.24) is 10.2 Å². The molecule has 1 fully saturated rings. The number of rotatable bonds is 6. The van der Waals surface area contributed by atoms with Crippen molar-refractivity contribution in [2.75, 3.05) is 25.5 Å². The molecule has 0 bridgehead atoms. The van der Waals surface area contributed by atoms with Crippen LogP contribution in [0.2, 0.25) is 0 Å².